The lowest BCUT2D eigenvalue weighted by atomic mass is 9.95. The van der Waals surface area contributed by atoms with Gasteiger partial charge < -0.3 is 16.0 Å². The van der Waals surface area contributed by atoms with Crippen LogP contribution in [0.5, 0.6) is 0 Å². The minimum absolute atomic E-state index is 0.104. The smallest absolute Gasteiger partial charge is 0.251 e. The van der Waals surface area contributed by atoms with Gasteiger partial charge in [0.2, 0.25) is 0 Å². The molecule has 3 rings (SSSR count). The standard InChI is InChI=1S/C19H19N3OS/c1-13-16(18(23)20-12-14-8-4-2-5-9-14)17(22-19(24)21-13)15-10-6-3-7-11-15/h2-11,17H,12H2,1H3,(H,20,23)(H2,21,22,24)/t17-/m0/s1. The van der Waals surface area contributed by atoms with Crippen molar-refractivity contribution in [2.45, 2.75) is 19.5 Å². The van der Waals surface area contributed by atoms with E-state index in [-0.39, 0.29) is 11.9 Å². The first kappa shape index (κ1) is 16.2. The minimum atomic E-state index is -0.254. The fraction of sp³-hybridized carbons (Fsp3) is 0.158. The maximum absolute atomic E-state index is 12.8. The van der Waals surface area contributed by atoms with E-state index in [4.69, 9.17) is 12.2 Å². The Kier molecular flexibility index (Phi) is 4.91. The van der Waals surface area contributed by atoms with Gasteiger partial charge in [-0.3, -0.25) is 4.79 Å². The Balaban J connectivity index is 1.83. The summed E-state index contributed by atoms with van der Waals surface area (Å²) in [5.74, 6) is -0.104. The molecule has 0 spiro atoms. The molecule has 1 aliphatic heterocycles. The highest BCUT2D eigenvalue weighted by Gasteiger charge is 2.29. The number of nitrogens with one attached hydrogen (secondary N) is 3. The number of carbonyl (C=O) groups is 1. The average Bonchev–Trinajstić information content (AvgIpc) is 2.60. The Bertz CT molecular complexity index is 772. The second-order valence-electron chi connectivity index (χ2n) is 5.65. The molecule has 1 aliphatic rings. The van der Waals surface area contributed by atoms with E-state index in [0.29, 0.717) is 17.2 Å². The molecule has 3 N–H and O–H groups in total. The lowest BCUT2D eigenvalue weighted by Gasteiger charge is -2.30. The predicted octanol–water partition coefficient (Wildman–Crippen LogP) is 2.80. The summed E-state index contributed by atoms with van der Waals surface area (Å²) >= 11 is 5.25. The van der Waals surface area contributed by atoms with Gasteiger partial charge >= 0.3 is 0 Å². The van der Waals surface area contributed by atoms with Crippen molar-refractivity contribution in [2.75, 3.05) is 0 Å². The Morgan fingerprint density at radius 3 is 2.38 bits per heavy atom. The molecule has 0 saturated heterocycles. The van der Waals surface area contributed by atoms with Crippen LogP contribution in [0.4, 0.5) is 0 Å². The summed E-state index contributed by atoms with van der Waals surface area (Å²) in [5, 5.41) is 9.76. The third-order valence-electron chi connectivity index (χ3n) is 3.94. The zero-order valence-corrected chi connectivity index (χ0v) is 14.2. The maximum atomic E-state index is 12.8. The summed E-state index contributed by atoms with van der Waals surface area (Å²) in [5.41, 5.74) is 3.50. The number of thiocarbonyl (C=S) groups is 1. The minimum Gasteiger partial charge on any atom is -0.351 e. The molecule has 1 atom stereocenters. The van der Waals surface area contributed by atoms with Gasteiger partial charge in [0.05, 0.1) is 11.6 Å². The van der Waals surface area contributed by atoms with Crippen LogP contribution in [0.1, 0.15) is 24.1 Å². The number of hydrogen-bond donors (Lipinski definition) is 3. The predicted molar refractivity (Wildman–Crippen MR) is 99.0 cm³/mol. The van der Waals surface area contributed by atoms with E-state index in [9.17, 15) is 4.79 Å². The number of carbonyl (C=O) groups excluding carboxylic acids is 1. The van der Waals surface area contributed by atoms with Crippen LogP contribution in [0, 0.1) is 0 Å². The normalized spacial score (nSPS) is 17.0. The van der Waals surface area contributed by atoms with Gasteiger partial charge in [-0.1, -0.05) is 60.7 Å². The van der Waals surface area contributed by atoms with E-state index < -0.39 is 0 Å². The van der Waals surface area contributed by atoms with Gasteiger partial charge in [-0.2, -0.15) is 0 Å². The Hall–Kier alpha value is -2.66. The van der Waals surface area contributed by atoms with Crippen molar-refractivity contribution in [2.24, 2.45) is 0 Å². The zero-order chi connectivity index (χ0) is 16.9. The van der Waals surface area contributed by atoms with E-state index in [1.807, 2.05) is 67.6 Å². The third kappa shape index (κ3) is 3.63. The molecule has 0 unspecified atom stereocenters. The van der Waals surface area contributed by atoms with Crippen LogP contribution in [-0.4, -0.2) is 11.0 Å². The number of benzene rings is 2. The van der Waals surface area contributed by atoms with E-state index in [1.54, 1.807) is 0 Å². The van der Waals surface area contributed by atoms with Gasteiger partial charge in [0.25, 0.3) is 5.91 Å². The molecule has 0 fully saturated rings. The first-order chi connectivity index (χ1) is 11.6. The van der Waals surface area contributed by atoms with Crippen molar-refractivity contribution in [1.82, 2.24) is 16.0 Å². The molecule has 1 heterocycles. The topological polar surface area (TPSA) is 53.2 Å². The quantitative estimate of drug-likeness (QED) is 0.751. The van der Waals surface area contributed by atoms with Crippen LogP contribution >= 0.6 is 12.2 Å². The van der Waals surface area contributed by atoms with Crippen LogP contribution in [0.3, 0.4) is 0 Å². The largest absolute Gasteiger partial charge is 0.351 e. The highest BCUT2D eigenvalue weighted by Crippen LogP contribution is 2.26. The van der Waals surface area contributed by atoms with Gasteiger partial charge in [0.1, 0.15) is 0 Å². The molecule has 1 amide bonds. The van der Waals surface area contributed by atoms with Gasteiger partial charge in [0, 0.05) is 12.2 Å². The summed E-state index contributed by atoms with van der Waals surface area (Å²) in [7, 11) is 0. The third-order valence-corrected chi connectivity index (χ3v) is 4.16. The van der Waals surface area contributed by atoms with Crippen LogP contribution < -0.4 is 16.0 Å². The molecule has 122 valence electrons. The highest BCUT2D eigenvalue weighted by atomic mass is 32.1. The van der Waals surface area contributed by atoms with E-state index in [2.05, 4.69) is 16.0 Å². The molecule has 2 aromatic carbocycles. The molecule has 0 aromatic heterocycles. The molecule has 2 aromatic rings. The lowest BCUT2D eigenvalue weighted by molar-refractivity contribution is -0.118. The Morgan fingerprint density at radius 1 is 1.08 bits per heavy atom. The van der Waals surface area contributed by atoms with Crippen molar-refractivity contribution in [3.05, 3.63) is 83.1 Å². The van der Waals surface area contributed by atoms with E-state index in [1.165, 1.54) is 0 Å². The number of allylic oxidation sites excluding steroid dienone is 1. The summed E-state index contributed by atoms with van der Waals surface area (Å²) < 4.78 is 0. The molecule has 5 heteroatoms. The molecule has 0 aliphatic carbocycles. The van der Waals surface area contributed by atoms with Gasteiger partial charge in [-0.25, -0.2) is 0 Å². The van der Waals surface area contributed by atoms with Crippen molar-refractivity contribution in [3.63, 3.8) is 0 Å². The average molecular weight is 337 g/mol. The first-order valence-corrected chi connectivity index (χ1v) is 8.21. The number of hydrogen-bond acceptors (Lipinski definition) is 2. The van der Waals surface area contributed by atoms with Gasteiger partial charge in [-0.15, -0.1) is 0 Å². The highest BCUT2D eigenvalue weighted by molar-refractivity contribution is 7.80. The van der Waals surface area contributed by atoms with Gasteiger partial charge in [0.15, 0.2) is 5.11 Å². The molecular formula is C19H19N3OS. The summed E-state index contributed by atoms with van der Waals surface area (Å²) in [4.78, 5) is 12.8. The van der Waals surface area contributed by atoms with Crippen LogP contribution in [0.2, 0.25) is 0 Å². The van der Waals surface area contributed by atoms with Crippen LogP contribution in [0.25, 0.3) is 0 Å². The summed E-state index contributed by atoms with van der Waals surface area (Å²) in [6, 6.07) is 19.4. The van der Waals surface area contributed by atoms with E-state index >= 15 is 0 Å². The molecular weight excluding hydrogens is 318 g/mol. The summed E-state index contributed by atoms with van der Waals surface area (Å²) in [6.45, 7) is 2.36. The Morgan fingerprint density at radius 2 is 1.71 bits per heavy atom. The van der Waals surface area contributed by atoms with Gasteiger partial charge in [-0.05, 0) is 30.3 Å². The fourth-order valence-corrected chi connectivity index (χ4v) is 3.03. The van der Waals surface area contributed by atoms with Crippen molar-refractivity contribution in [3.8, 4) is 0 Å². The fourth-order valence-electron chi connectivity index (χ4n) is 2.76. The van der Waals surface area contributed by atoms with E-state index in [0.717, 1.165) is 16.8 Å². The van der Waals surface area contributed by atoms with Crippen molar-refractivity contribution < 1.29 is 4.79 Å². The van der Waals surface area contributed by atoms with Crippen LogP contribution in [-0.2, 0) is 11.3 Å². The lowest BCUT2D eigenvalue weighted by Crippen LogP contribution is -2.46. The monoisotopic (exact) mass is 337 g/mol. The first-order valence-electron chi connectivity index (χ1n) is 7.80. The van der Waals surface area contributed by atoms with Crippen molar-refractivity contribution in [1.29, 1.82) is 0 Å². The van der Waals surface area contributed by atoms with Crippen molar-refractivity contribution >= 4 is 23.2 Å². The second-order valence-corrected chi connectivity index (χ2v) is 6.06. The Labute approximate surface area is 147 Å². The number of amides is 1. The summed E-state index contributed by atoms with van der Waals surface area (Å²) in [6.07, 6.45) is 0. The second kappa shape index (κ2) is 7.27. The zero-order valence-electron chi connectivity index (χ0n) is 13.4. The SMILES string of the molecule is CC1=C(C(=O)NCc2ccccc2)[C@H](c2ccccc2)NC(=S)N1. The molecule has 0 bridgehead atoms. The molecule has 4 nitrogen and oxygen atoms in total. The molecule has 24 heavy (non-hydrogen) atoms. The number of rotatable bonds is 4. The maximum Gasteiger partial charge on any atom is 0.251 e. The molecule has 0 saturated carbocycles. The van der Waals surface area contributed by atoms with Crippen LogP contribution in [0.15, 0.2) is 71.9 Å². The molecule has 0 radical (unpaired) electrons.